The Hall–Kier alpha value is -1.98. The second kappa shape index (κ2) is 12.5. The lowest BCUT2D eigenvalue weighted by Gasteiger charge is -2.37. The maximum atomic E-state index is 13.4. The lowest BCUT2D eigenvalue weighted by atomic mass is 9.80. The summed E-state index contributed by atoms with van der Waals surface area (Å²) in [5.74, 6) is 1.09. The highest BCUT2D eigenvalue weighted by Gasteiger charge is 2.36. The summed E-state index contributed by atoms with van der Waals surface area (Å²) in [7, 11) is 2.19. The highest BCUT2D eigenvalue weighted by atomic mass is 32.2. The molecule has 4 rings (SSSR count). The summed E-state index contributed by atoms with van der Waals surface area (Å²) in [4.78, 5) is 16.7. The van der Waals surface area contributed by atoms with Crippen LogP contribution in [0.1, 0.15) is 54.1 Å². The molecular weight excluding hydrogens is 522 g/mol. The Kier molecular flexibility index (Phi) is 9.52. The molecule has 1 aliphatic carbocycles. The zero-order valence-electron chi connectivity index (χ0n) is 23.1. The van der Waals surface area contributed by atoms with Crippen LogP contribution in [0.3, 0.4) is 0 Å². The third kappa shape index (κ3) is 6.59. The molecule has 8 nitrogen and oxygen atoms in total. The second-order valence-corrected chi connectivity index (χ2v) is 13.6. The molecule has 0 bridgehead atoms. The van der Waals surface area contributed by atoms with E-state index in [1.165, 1.54) is 9.18 Å². The van der Waals surface area contributed by atoms with Crippen LogP contribution in [0.5, 0.6) is 5.75 Å². The van der Waals surface area contributed by atoms with Crippen LogP contribution in [0, 0.1) is 19.8 Å². The number of nitrogens with zero attached hydrogens (tertiary/aromatic N) is 2. The predicted molar refractivity (Wildman–Crippen MR) is 150 cm³/mol. The minimum Gasteiger partial charge on any atom is -0.497 e. The van der Waals surface area contributed by atoms with Crippen LogP contribution in [0.2, 0.25) is 0 Å². The number of hydrogen-bond acceptors (Lipinski definition) is 7. The average Bonchev–Trinajstić information content (AvgIpc) is 3.56. The van der Waals surface area contributed by atoms with Crippen LogP contribution in [0.25, 0.3) is 0 Å². The van der Waals surface area contributed by atoms with Crippen molar-refractivity contribution in [2.75, 3.05) is 40.9 Å². The summed E-state index contributed by atoms with van der Waals surface area (Å²) in [6, 6.07) is 8.39. The van der Waals surface area contributed by atoms with E-state index in [0.717, 1.165) is 25.7 Å². The molecule has 2 aromatic rings. The molecule has 2 unspecified atom stereocenters. The smallest absolute Gasteiger partial charge is 0.246 e. The third-order valence-corrected chi connectivity index (χ3v) is 10.9. The number of thiophene rings is 1. The molecule has 1 aliphatic heterocycles. The number of amides is 1. The highest BCUT2D eigenvalue weighted by Crippen LogP contribution is 2.39. The van der Waals surface area contributed by atoms with Gasteiger partial charge in [0.25, 0.3) is 0 Å². The summed E-state index contributed by atoms with van der Waals surface area (Å²) < 4.78 is 39.3. The van der Waals surface area contributed by atoms with Crippen molar-refractivity contribution >= 4 is 27.3 Å². The van der Waals surface area contributed by atoms with Gasteiger partial charge < -0.3 is 19.7 Å². The summed E-state index contributed by atoms with van der Waals surface area (Å²) in [6.45, 7) is 4.15. The van der Waals surface area contributed by atoms with E-state index in [0.29, 0.717) is 46.7 Å². The molecule has 1 saturated carbocycles. The first-order valence-corrected chi connectivity index (χ1v) is 15.7. The number of rotatable bonds is 10. The molecule has 10 heteroatoms. The van der Waals surface area contributed by atoms with E-state index < -0.39 is 10.0 Å². The number of hydrogen-bond donors (Lipinski definition) is 1. The number of ether oxygens (including phenoxy) is 2. The fourth-order valence-electron chi connectivity index (χ4n) is 6.03. The number of sulfonamides is 1. The van der Waals surface area contributed by atoms with E-state index in [-0.39, 0.29) is 31.2 Å². The summed E-state index contributed by atoms with van der Waals surface area (Å²) >= 11 is 1.81. The molecule has 0 radical (unpaired) electrons. The van der Waals surface area contributed by atoms with Crippen LogP contribution in [0.15, 0.2) is 34.5 Å². The van der Waals surface area contributed by atoms with Gasteiger partial charge in [-0.25, -0.2) is 8.42 Å². The van der Waals surface area contributed by atoms with Crippen molar-refractivity contribution in [3.05, 3.63) is 45.6 Å². The van der Waals surface area contributed by atoms with Crippen LogP contribution in [-0.4, -0.2) is 76.6 Å². The Bertz CT molecular complexity index is 1170. The van der Waals surface area contributed by atoms with Crippen molar-refractivity contribution in [3.8, 4) is 5.75 Å². The molecule has 1 saturated heterocycles. The van der Waals surface area contributed by atoms with Gasteiger partial charge in [-0.15, -0.1) is 11.3 Å². The monoisotopic (exact) mass is 563 g/mol. The molecule has 1 aromatic carbocycles. The molecule has 210 valence electrons. The zero-order chi connectivity index (χ0) is 27.4. The van der Waals surface area contributed by atoms with Gasteiger partial charge in [0.1, 0.15) is 12.4 Å². The van der Waals surface area contributed by atoms with Crippen LogP contribution >= 0.6 is 11.3 Å². The van der Waals surface area contributed by atoms with Crippen molar-refractivity contribution in [2.24, 2.45) is 5.92 Å². The average molecular weight is 564 g/mol. The predicted octanol–water partition coefficient (Wildman–Crippen LogP) is 4.13. The third-order valence-electron chi connectivity index (χ3n) is 7.80. The van der Waals surface area contributed by atoms with Gasteiger partial charge in [-0.2, -0.15) is 4.31 Å². The van der Waals surface area contributed by atoms with E-state index in [1.807, 2.05) is 11.3 Å². The number of carbonyl (C=O) groups is 1. The molecular formula is C28H41N3O5S2. The molecule has 1 aromatic heterocycles. The number of benzene rings is 1. The number of aryl methyl sites for hydroxylation is 2. The first kappa shape index (κ1) is 29.0. The first-order chi connectivity index (χ1) is 18.1. The Morgan fingerprint density at radius 3 is 2.42 bits per heavy atom. The van der Waals surface area contributed by atoms with Gasteiger partial charge >= 0.3 is 0 Å². The van der Waals surface area contributed by atoms with Crippen molar-refractivity contribution in [3.63, 3.8) is 0 Å². The standard InChI is InChI=1S/C28H41N3O5S2/c1-19-15-24(35-5)16-20(2)28(19)38(33,34)31-13-12-23(17-31)36-18-26(32)29-22-10-8-21(9-11-22)27(30(3)4)25-7-6-14-37-25/h6-7,14-16,21-23,27H,8-13,17-18H2,1-5H3,(H,29,32). The minimum atomic E-state index is -3.66. The van der Waals surface area contributed by atoms with Gasteiger partial charge in [0, 0.05) is 30.1 Å². The number of methoxy groups -OCH3 is 1. The molecule has 0 spiro atoms. The quantitative estimate of drug-likeness (QED) is 0.468. The largest absolute Gasteiger partial charge is 0.497 e. The Balaban J connectivity index is 1.24. The summed E-state index contributed by atoms with van der Waals surface area (Å²) in [6.07, 6.45) is 4.35. The molecule has 2 aliphatic rings. The first-order valence-electron chi connectivity index (χ1n) is 13.4. The Labute approximate surface area is 231 Å². The van der Waals surface area contributed by atoms with E-state index in [2.05, 4.69) is 41.8 Å². The van der Waals surface area contributed by atoms with E-state index in [4.69, 9.17) is 9.47 Å². The second-order valence-electron chi connectivity index (χ2n) is 10.8. The van der Waals surface area contributed by atoms with Gasteiger partial charge in [0.05, 0.1) is 18.1 Å². The normalized spacial score (nSPS) is 23.5. The maximum Gasteiger partial charge on any atom is 0.246 e. The van der Waals surface area contributed by atoms with E-state index in [1.54, 1.807) is 33.1 Å². The Morgan fingerprint density at radius 2 is 1.84 bits per heavy atom. The van der Waals surface area contributed by atoms with Crippen molar-refractivity contribution in [1.82, 2.24) is 14.5 Å². The van der Waals surface area contributed by atoms with Crippen molar-refractivity contribution in [2.45, 2.75) is 69.0 Å². The summed E-state index contributed by atoms with van der Waals surface area (Å²) in [5.41, 5.74) is 1.32. The van der Waals surface area contributed by atoms with Crippen molar-refractivity contribution in [1.29, 1.82) is 0 Å². The number of nitrogens with one attached hydrogen (secondary N) is 1. The SMILES string of the molecule is COc1cc(C)c(S(=O)(=O)N2CCC(OCC(=O)NC3CCC(C(c4cccs4)N(C)C)CC3)C2)c(C)c1. The maximum absolute atomic E-state index is 13.4. The van der Waals surface area contributed by atoms with Gasteiger partial charge in [0.15, 0.2) is 0 Å². The molecule has 1 amide bonds. The van der Waals surface area contributed by atoms with E-state index >= 15 is 0 Å². The topological polar surface area (TPSA) is 88.2 Å². The van der Waals surface area contributed by atoms with Gasteiger partial charge in [-0.05, 0) is 101 Å². The zero-order valence-corrected chi connectivity index (χ0v) is 24.7. The summed E-state index contributed by atoms with van der Waals surface area (Å²) in [5, 5.41) is 5.28. The van der Waals surface area contributed by atoms with E-state index in [9.17, 15) is 13.2 Å². The van der Waals surface area contributed by atoms with Crippen LogP contribution in [-0.2, 0) is 19.6 Å². The van der Waals surface area contributed by atoms with Gasteiger partial charge in [-0.3, -0.25) is 4.79 Å². The molecule has 2 atom stereocenters. The molecule has 2 fully saturated rings. The highest BCUT2D eigenvalue weighted by molar-refractivity contribution is 7.89. The van der Waals surface area contributed by atoms with Crippen LogP contribution in [0.4, 0.5) is 0 Å². The van der Waals surface area contributed by atoms with Crippen molar-refractivity contribution < 1.29 is 22.7 Å². The van der Waals surface area contributed by atoms with Gasteiger partial charge in [0.2, 0.25) is 15.9 Å². The van der Waals surface area contributed by atoms with Crippen LogP contribution < -0.4 is 10.1 Å². The molecule has 38 heavy (non-hydrogen) atoms. The Morgan fingerprint density at radius 1 is 1.16 bits per heavy atom. The fourth-order valence-corrected chi connectivity index (χ4v) is 8.94. The van der Waals surface area contributed by atoms with Gasteiger partial charge in [-0.1, -0.05) is 6.07 Å². The lowest BCUT2D eigenvalue weighted by Crippen LogP contribution is -2.41. The lowest BCUT2D eigenvalue weighted by molar-refractivity contribution is -0.128. The number of carbonyl (C=O) groups excluding carboxylic acids is 1. The molecule has 2 heterocycles. The minimum absolute atomic E-state index is 0.0470. The molecule has 1 N–H and O–H groups in total. The fraction of sp³-hybridized carbons (Fsp3) is 0.607.